The van der Waals surface area contributed by atoms with Crippen LogP contribution in [0, 0.1) is 0 Å². The fourth-order valence-electron chi connectivity index (χ4n) is 1.72. The zero-order valence-electron chi connectivity index (χ0n) is 8.72. The van der Waals surface area contributed by atoms with Gasteiger partial charge in [-0.25, -0.2) is 13.6 Å². The highest BCUT2D eigenvalue weighted by molar-refractivity contribution is 5.23. The SMILES string of the molecule is Nc1ccn([C@H]2O[C@@H](CO)CC2(F)F)c(=O)n1. The zero-order chi connectivity index (χ0) is 12.6. The van der Waals surface area contributed by atoms with E-state index < -0.39 is 37.0 Å². The van der Waals surface area contributed by atoms with Gasteiger partial charge in [-0.1, -0.05) is 0 Å². The quantitative estimate of drug-likeness (QED) is 0.751. The summed E-state index contributed by atoms with van der Waals surface area (Å²) in [7, 11) is 0. The van der Waals surface area contributed by atoms with Gasteiger partial charge < -0.3 is 15.6 Å². The van der Waals surface area contributed by atoms with Crippen LogP contribution in [0.5, 0.6) is 0 Å². The number of hydrogen-bond acceptors (Lipinski definition) is 5. The Morgan fingerprint density at radius 2 is 2.41 bits per heavy atom. The van der Waals surface area contributed by atoms with Crippen LogP contribution in [-0.4, -0.2) is 33.3 Å². The fourth-order valence-corrected chi connectivity index (χ4v) is 1.72. The first kappa shape index (κ1) is 11.9. The molecule has 17 heavy (non-hydrogen) atoms. The van der Waals surface area contributed by atoms with E-state index in [4.69, 9.17) is 15.6 Å². The van der Waals surface area contributed by atoms with Gasteiger partial charge in [0.05, 0.1) is 12.7 Å². The molecule has 1 aromatic rings. The standard InChI is InChI=1S/C9H11F2N3O3/c10-9(11)3-5(4-15)17-7(9)14-2-1-6(12)13-8(14)16/h1-2,5,7,15H,3-4H2,(H2,12,13,16)/t5-,7+/m1/s1. The summed E-state index contributed by atoms with van der Waals surface area (Å²) in [5, 5.41) is 8.80. The minimum Gasteiger partial charge on any atom is -0.394 e. The van der Waals surface area contributed by atoms with Crippen LogP contribution in [0.25, 0.3) is 0 Å². The van der Waals surface area contributed by atoms with Crippen molar-refractivity contribution in [3.8, 4) is 0 Å². The van der Waals surface area contributed by atoms with Crippen molar-refractivity contribution >= 4 is 5.82 Å². The second-order valence-corrected chi connectivity index (χ2v) is 3.80. The zero-order valence-corrected chi connectivity index (χ0v) is 8.72. The maximum Gasteiger partial charge on any atom is 0.351 e. The van der Waals surface area contributed by atoms with Crippen molar-refractivity contribution in [3.05, 3.63) is 22.7 Å². The molecule has 2 heterocycles. The molecule has 6 nitrogen and oxygen atoms in total. The van der Waals surface area contributed by atoms with Crippen LogP contribution >= 0.6 is 0 Å². The molecule has 94 valence electrons. The third-order valence-corrected chi connectivity index (χ3v) is 2.49. The molecule has 1 aliphatic heterocycles. The van der Waals surface area contributed by atoms with Gasteiger partial charge in [0.15, 0.2) is 0 Å². The van der Waals surface area contributed by atoms with E-state index in [0.29, 0.717) is 4.57 Å². The van der Waals surface area contributed by atoms with E-state index in [1.807, 2.05) is 0 Å². The van der Waals surface area contributed by atoms with Gasteiger partial charge >= 0.3 is 5.69 Å². The molecule has 0 radical (unpaired) electrons. The molecule has 0 unspecified atom stereocenters. The summed E-state index contributed by atoms with van der Waals surface area (Å²) in [5.74, 6) is -3.28. The van der Waals surface area contributed by atoms with Crippen molar-refractivity contribution in [1.82, 2.24) is 9.55 Å². The Bertz CT molecular complexity index is 477. The van der Waals surface area contributed by atoms with Gasteiger partial charge in [-0.3, -0.25) is 4.57 Å². The van der Waals surface area contributed by atoms with Crippen molar-refractivity contribution in [1.29, 1.82) is 0 Å². The molecule has 2 atom stereocenters. The van der Waals surface area contributed by atoms with Crippen LogP contribution in [0.1, 0.15) is 12.6 Å². The number of aromatic nitrogens is 2. The van der Waals surface area contributed by atoms with E-state index in [-0.39, 0.29) is 5.82 Å². The van der Waals surface area contributed by atoms with Gasteiger partial charge in [0.1, 0.15) is 5.82 Å². The Hall–Kier alpha value is -1.54. The maximum atomic E-state index is 13.6. The van der Waals surface area contributed by atoms with E-state index in [9.17, 15) is 13.6 Å². The van der Waals surface area contributed by atoms with Gasteiger partial charge in [-0.05, 0) is 6.07 Å². The molecule has 1 aliphatic rings. The minimum absolute atomic E-state index is 0.0497. The summed E-state index contributed by atoms with van der Waals surface area (Å²) in [4.78, 5) is 14.7. The Morgan fingerprint density at radius 1 is 1.71 bits per heavy atom. The van der Waals surface area contributed by atoms with Gasteiger partial charge in [0, 0.05) is 12.6 Å². The predicted molar refractivity (Wildman–Crippen MR) is 53.5 cm³/mol. The number of nitrogen functional groups attached to an aromatic ring is 1. The molecular weight excluding hydrogens is 236 g/mol. The Morgan fingerprint density at radius 3 is 2.94 bits per heavy atom. The van der Waals surface area contributed by atoms with Crippen LogP contribution in [0.3, 0.4) is 0 Å². The molecule has 2 rings (SSSR count). The second kappa shape index (κ2) is 4.04. The van der Waals surface area contributed by atoms with Crippen molar-refractivity contribution in [2.45, 2.75) is 24.7 Å². The van der Waals surface area contributed by atoms with Crippen molar-refractivity contribution in [2.24, 2.45) is 0 Å². The van der Waals surface area contributed by atoms with Gasteiger partial charge in [0.2, 0.25) is 6.23 Å². The lowest BCUT2D eigenvalue weighted by molar-refractivity contribution is -0.120. The van der Waals surface area contributed by atoms with Crippen LogP contribution in [0.15, 0.2) is 17.1 Å². The second-order valence-electron chi connectivity index (χ2n) is 3.80. The molecule has 1 aromatic heterocycles. The minimum atomic E-state index is -3.23. The van der Waals surface area contributed by atoms with Crippen molar-refractivity contribution in [3.63, 3.8) is 0 Å². The molecule has 0 saturated carbocycles. The Kier molecular flexibility index (Phi) is 2.84. The molecule has 0 spiro atoms. The number of ether oxygens (including phenoxy) is 1. The summed E-state index contributed by atoms with van der Waals surface area (Å²) < 4.78 is 32.7. The summed E-state index contributed by atoms with van der Waals surface area (Å²) in [6.45, 7) is -0.525. The number of aliphatic hydroxyl groups is 1. The third-order valence-electron chi connectivity index (χ3n) is 2.49. The lowest BCUT2D eigenvalue weighted by Crippen LogP contribution is -2.35. The van der Waals surface area contributed by atoms with E-state index in [2.05, 4.69) is 4.98 Å². The monoisotopic (exact) mass is 247 g/mol. The number of nitrogens with two attached hydrogens (primary N) is 1. The van der Waals surface area contributed by atoms with Crippen LogP contribution < -0.4 is 11.4 Å². The van der Waals surface area contributed by atoms with Gasteiger partial charge in [-0.15, -0.1) is 0 Å². The first-order valence-electron chi connectivity index (χ1n) is 4.93. The molecule has 0 aliphatic carbocycles. The van der Waals surface area contributed by atoms with Gasteiger partial charge in [0.25, 0.3) is 5.92 Å². The predicted octanol–water partition coefficient (Wildman–Crippen LogP) is -0.259. The summed E-state index contributed by atoms with van der Waals surface area (Å²) in [5.41, 5.74) is 4.35. The summed E-state index contributed by atoms with van der Waals surface area (Å²) in [6, 6.07) is 1.23. The lowest BCUT2D eigenvalue weighted by Gasteiger charge is -2.19. The number of aliphatic hydroxyl groups excluding tert-OH is 1. The fraction of sp³-hybridized carbons (Fsp3) is 0.556. The molecule has 0 bridgehead atoms. The average molecular weight is 247 g/mol. The Labute approximate surface area is 94.6 Å². The van der Waals surface area contributed by atoms with E-state index in [1.54, 1.807) is 0 Å². The highest BCUT2D eigenvalue weighted by Crippen LogP contribution is 2.41. The summed E-state index contributed by atoms with van der Waals surface area (Å²) in [6.07, 6.45) is -2.27. The van der Waals surface area contributed by atoms with Crippen LogP contribution in [0.2, 0.25) is 0 Å². The van der Waals surface area contributed by atoms with Crippen molar-refractivity contribution < 1.29 is 18.6 Å². The number of nitrogens with zero attached hydrogens (tertiary/aromatic N) is 2. The average Bonchev–Trinajstić information content (AvgIpc) is 2.54. The van der Waals surface area contributed by atoms with Crippen LogP contribution in [0.4, 0.5) is 14.6 Å². The normalized spacial score (nSPS) is 27.2. The maximum absolute atomic E-state index is 13.6. The summed E-state index contributed by atoms with van der Waals surface area (Å²) >= 11 is 0. The van der Waals surface area contributed by atoms with Crippen molar-refractivity contribution in [2.75, 3.05) is 12.3 Å². The van der Waals surface area contributed by atoms with E-state index in [0.717, 1.165) is 6.20 Å². The smallest absolute Gasteiger partial charge is 0.351 e. The number of anilines is 1. The van der Waals surface area contributed by atoms with Gasteiger partial charge in [-0.2, -0.15) is 4.98 Å². The molecule has 0 aromatic carbocycles. The Balaban J connectivity index is 2.37. The molecular formula is C9H11F2N3O3. The first-order valence-corrected chi connectivity index (χ1v) is 4.93. The number of hydrogen-bond donors (Lipinski definition) is 2. The lowest BCUT2D eigenvalue weighted by atomic mass is 10.2. The highest BCUT2D eigenvalue weighted by atomic mass is 19.3. The molecule has 8 heteroatoms. The largest absolute Gasteiger partial charge is 0.394 e. The third kappa shape index (κ3) is 2.13. The molecule has 1 saturated heterocycles. The highest BCUT2D eigenvalue weighted by Gasteiger charge is 2.51. The number of rotatable bonds is 2. The van der Waals surface area contributed by atoms with Crippen LogP contribution in [-0.2, 0) is 4.74 Å². The molecule has 0 amide bonds. The first-order chi connectivity index (χ1) is 7.94. The van der Waals surface area contributed by atoms with E-state index in [1.165, 1.54) is 6.07 Å². The van der Waals surface area contributed by atoms with E-state index >= 15 is 0 Å². The topological polar surface area (TPSA) is 90.4 Å². The molecule has 3 N–H and O–H groups in total. The molecule has 1 fully saturated rings. The number of halogens is 2. The number of alkyl halides is 2.